The summed E-state index contributed by atoms with van der Waals surface area (Å²) >= 11 is 0. The van der Waals surface area contributed by atoms with Gasteiger partial charge < -0.3 is 10.2 Å². The second-order valence-corrected chi connectivity index (χ2v) is 7.32. The molecule has 0 bridgehead atoms. The monoisotopic (exact) mass is 330 g/mol. The van der Waals surface area contributed by atoms with Gasteiger partial charge in [-0.15, -0.1) is 0 Å². The molecule has 1 aliphatic rings. The summed E-state index contributed by atoms with van der Waals surface area (Å²) in [5.74, 6) is -0.311. The zero-order chi connectivity index (χ0) is 17.7. The van der Waals surface area contributed by atoms with Crippen LogP contribution in [0.1, 0.15) is 58.4 Å². The molecule has 0 spiro atoms. The van der Waals surface area contributed by atoms with Crippen molar-refractivity contribution in [1.29, 1.82) is 0 Å². The molecule has 0 aliphatic heterocycles. The lowest BCUT2D eigenvalue weighted by atomic mass is 9.88. The lowest BCUT2D eigenvalue weighted by Gasteiger charge is -2.32. The number of carbonyl (C=O) groups is 2. The first-order valence-electron chi connectivity index (χ1n) is 9.06. The minimum Gasteiger partial charge on any atom is -0.352 e. The predicted molar refractivity (Wildman–Crippen MR) is 98.0 cm³/mol. The molecule has 0 heterocycles. The molecule has 4 nitrogen and oxygen atoms in total. The number of benzene rings is 1. The molecule has 0 saturated heterocycles. The Morgan fingerprint density at radius 2 is 1.88 bits per heavy atom. The third-order valence-electron chi connectivity index (χ3n) is 4.92. The van der Waals surface area contributed by atoms with Crippen LogP contribution in [0.4, 0.5) is 5.69 Å². The second-order valence-electron chi connectivity index (χ2n) is 7.32. The van der Waals surface area contributed by atoms with E-state index in [-0.39, 0.29) is 17.9 Å². The van der Waals surface area contributed by atoms with E-state index in [1.165, 1.54) is 6.42 Å². The van der Waals surface area contributed by atoms with Crippen molar-refractivity contribution < 1.29 is 9.59 Å². The van der Waals surface area contributed by atoms with Gasteiger partial charge in [-0.25, -0.2) is 0 Å². The van der Waals surface area contributed by atoms with Crippen LogP contribution >= 0.6 is 0 Å². The van der Waals surface area contributed by atoms with Crippen LogP contribution in [0.3, 0.4) is 0 Å². The zero-order valence-electron chi connectivity index (χ0n) is 15.4. The summed E-state index contributed by atoms with van der Waals surface area (Å²) in [5.41, 5.74) is 0.876. The Morgan fingerprint density at radius 1 is 1.21 bits per heavy atom. The van der Waals surface area contributed by atoms with E-state index in [2.05, 4.69) is 5.32 Å². The maximum atomic E-state index is 13.1. The van der Waals surface area contributed by atoms with Crippen molar-refractivity contribution in [3.8, 4) is 0 Å². The Kier molecular flexibility index (Phi) is 6.03. The average molecular weight is 330 g/mol. The first-order chi connectivity index (χ1) is 11.4. The van der Waals surface area contributed by atoms with Gasteiger partial charge >= 0.3 is 0 Å². The highest BCUT2D eigenvalue weighted by Gasteiger charge is 2.40. The summed E-state index contributed by atoms with van der Waals surface area (Å²) in [5, 5.41) is 3.10. The average Bonchev–Trinajstić information content (AvgIpc) is 2.56. The van der Waals surface area contributed by atoms with Crippen LogP contribution in [0.2, 0.25) is 0 Å². The smallest absolute Gasteiger partial charge is 0.242 e. The highest BCUT2D eigenvalue weighted by Crippen LogP contribution is 2.26. The fourth-order valence-corrected chi connectivity index (χ4v) is 3.29. The molecule has 1 aliphatic carbocycles. The number of anilines is 1. The van der Waals surface area contributed by atoms with Crippen molar-refractivity contribution in [2.75, 3.05) is 11.4 Å². The van der Waals surface area contributed by atoms with E-state index >= 15 is 0 Å². The van der Waals surface area contributed by atoms with E-state index in [0.717, 1.165) is 36.9 Å². The minimum atomic E-state index is -1.07. The van der Waals surface area contributed by atoms with E-state index in [4.69, 9.17) is 0 Å². The molecule has 132 valence electrons. The third kappa shape index (κ3) is 4.16. The number of hydrogen-bond acceptors (Lipinski definition) is 2. The zero-order valence-corrected chi connectivity index (χ0v) is 15.4. The van der Waals surface area contributed by atoms with Crippen molar-refractivity contribution in [1.82, 2.24) is 5.32 Å². The molecule has 1 aromatic carbocycles. The number of hydrogen-bond donors (Lipinski definition) is 1. The van der Waals surface area contributed by atoms with Crippen molar-refractivity contribution in [3.63, 3.8) is 0 Å². The summed E-state index contributed by atoms with van der Waals surface area (Å²) in [4.78, 5) is 27.5. The van der Waals surface area contributed by atoms with E-state index in [0.29, 0.717) is 6.54 Å². The highest BCUT2D eigenvalue weighted by atomic mass is 16.2. The standard InChI is InChI=1S/C20H30N2O2/c1-5-22(17-13-9-10-15(2)14-17)19(24)20(3,4)18(23)21-16-11-7-6-8-12-16/h9-10,13-14,16H,5-8,11-12H2,1-4H3,(H,21,23). The molecule has 2 amide bonds. The predicted octanol–water partition coefficient (Wildman–Crippen LogP) is 3.82. The van der Waals surface area contributed by atoms with Gasteiger partial charge in [0.1, 0.15) is 5.41 Å². The Hall–Kier alpha value is -1.84. The molecule has 0 aromatic heterocycles. The van der Waals surface area contributed by atoms with Crippen LogP contribution in [-0.2, 0) is 9.59 Å². The molecule has 1 saturated carbocycles. The van der Waals surface area contributed by atoms with E-state index in [1.807, 2.05) is 38.1 Å². The molecule has 4 heteroatoms. The second kappa shape index (κ2) is 7.82. The molecule has 1 fully saturated rings. The van der Waals surface area contributed by atoms with Crippen LogP contribution in [0.15, 0.2) is 24.3 Å². The summed E-state index contributed by atoms with van der Waals surface area (Å²) in [6.45, 7) is 7.94. The van der Waals surface area contributed by atoms with E-state index in [1.54, 1.807) is 18.7 Å². The fourth-order valence-electron chi connectivity index (χ4n) is 3.29. The van der Waals surface area contributed by atoms with Gasteiger partial charge in [-0.05, 0) is 58.2 Å². The van der Waals surface area contributed by atoms with Crippen LogP contribution in [0.5, 0.6) is 0 Å². The number of nitrogens with one attached hydrogen (secondary N) is 1. The summed E-state index contributed by atoms with van der Waals surface area (Å²) in [7, 11) is 0. The Bertz CT molecular complexity index is 589. The molecular weight excluding hydrogens is 300 g/mol. The van der Waals surface area contributed by atoms with Gasteiger partial charge in [0.15, 0.2) is 0 Å². The van der Waals surface area contributed by atoms with Crippen molar-refractivity contribution in [3.05, 3.63) is 29.8 Å². The number of nitrogens with zero attached hydrogens (tertiary/aromatic N) is 1. The van der Waals surface area contributed by atoms with Gasteiger partial charge in [0.2, 0.25) is 11.8 Å². The fraction of sp³-hybridized carbons (Fsp3) is 0.600. The SMILES string of the molecule is CCN(C(=O)C(C)(C)C(=O)NC1CCCCC1)c1cccc(C)c1. The number of aryl methyl sites for hydroxylation is 1. The van der Waals surface area contributed by atoms with E-state index < -0.39 is 5.41 Å². The largest absolute Gasteiger partial charge is 0.352 e. The normalized spacial score (nSPS) is 15.8. The Labute approximate surface area is 145 Å². The molecule has 2 rings (SSSR count). The molecule has 0 atom stereocenters. The minimum absolute atomic E-state index is 0.149. The first-order valence-corrected chi connectivity index (χ1v) is 9.06. The van der Waals surface area contributed by atoms with Gasteiger partial charge in [-0.3, -0.25) is 9.59 Å². The molecule has 1 N–H and O–H groups in total. The lowest BCUT2D eigenvalue weighted by molar-refractivity contribution is -0.140. The number of rotatable bonds is 5. The topological polar surface area (TPSA) is 49.4 Å². The summed E-state index contributed by atoms with van der Waals surface area (Å²) in [6.07, 6.45) is 5.59. The molecule has 0 unspecified atom stereocenters. The Balaban J connectivity index is 2.13. The third-order valence-corrected chi connectivity index (χ3v) is 4.92. The summed E-state index contributed by atoms with van der Waals surface area (Å²) < 4.78 is 0. The van der Waals surface area contributed by atoms with Crippen molar-refractivity contribution >= 4 is 17.5 Å². The van der Waals surface area contributed by atoms with Crippen LogP contribution < -0.4 is 10.2 Å². The highest BCUT2D eigenvalue weighted by molar-refractivity contribution is 6.11. The van der Waals surface area contributed by atoms with Crippen molar-refractivity contribution in [2.45, 2.75) is 65.8 Å². The molecule has 24 heavy (non-hydrogen) atoms. The quantitative estimate of drug-likeness (QED) is 0.834. The first kappa shape index (κ1) is 18.5. The molecule has 1 aromatic rings. The number of carbonyl (C=O) groups excluding carboxylic acids is 2. The maximum Gasteiger partial charge on any atom is 0.242 e. The van der Waals surface area contributed by atoms with Gasteiger partial charge in [0, 0.05) is 18.3 Å². The van der Waals surface area contributed by atoms with Crippen LogP contribution in [0, 0.1) is 12.3 Å². The van der Waals surface area contributed by atoms with Crippen LogP contribution in [0.25, 0.3) is 0 Å². The molecule has 0 radical (unpaired) electrons. The van der Waals surface area contributed by atoms with Gasteiger partial charge in [-0.2, -0.15) is 0 Å². The lowest BCUT2D eigenvalue weighted by Crippen LogP contribution is -2.52. The van der Waals surface area contributed by atoms with Crippen LogP contribution in [-0.4, -0.2) is 24.4 Å². The van der Waals surface area contributed by atoms with Crippen molar-refractivity contribution in [2.24, 2.45) is 5.41 Å². The summed E-state index contributed by atoms with van der Waals surface area (Å²) in [6, 6.07) is 8.06. The van der Waals surface area contributed by atoms with Gasteiger partial charge in [-0.1, -0.05) is 31.4 Å². The van der Waals surface area contributed by atoms with E-state index in [9.17, 15) is 9.59 Å². The number of amides is 2. The Morgan fingerprint density at radius 3 is 2.46 bits per heavy atom. The van der Waals surface area contributed by atoms with Gasteiger partial charge in [0.05, 0.1) is 0 Å². The molecular formula is C20H30N2O2. The van der Waals surface area contributed by atoms with Gasteiger partial charge in [0.25, 0.3) is 0 Å². The maximum absolute atomic E-state index is 13.1.